The number of hydrogen-bond donors (Lipinski definition) is 2. The Morgan fingerprint density at radius 3 is 2.54 bits per heavy atom. The lowest BCUT2D eigenvalue weighted by Gasteiger charge is -2.23. The molecule has 3 N–H and O–H groups in total. The molecule has 0 spiro atoms. The number of rotatable bonds is 9. The van der Waals surface area contributed by atoms with Crippen molar-refractivity contribution in [2.75, 3.05) is 19.6 Å². The summed E-state index contributed by atoms with van der Waals surface area (Å²) < 4.78 is 0. The molecule has 1 amide bonds. The van der Waals surface area contributed by atoms with E-state index in [1.165, 1.54) is 5.56 Å². The highest BCUT2D eigenvalue weighted by atomic mass is 35.5. The van der Waals surface area contributed by atoms with Crippen LogP contribution in [0.4, 0.5) is 0 Å². The molecule has 0 bridgehead atoms. The topological polar surface area (TPSA) is 92.1 Å². The summed E-state index contributed by atoms with van der Waals surface area (Å²) >= 11 is 0. The Hall–Kier alpha value is -3.48. The van der Waals surface area contributed by atoms with Crippen molar-refractivity contribution in [2.24, 2.45) is 11.7 Å². The molecule has 2 unspecified atom stereocenters. The average Bonchev–Trinajstić information content (AvgIpc) is 3.66. The number of aromatic nitrogens is 2. The quantitative estimate of drug-likeness (QED) is 0.333. The number of benzene rings is 3. The van der Waals surface area contributed by atoms with Gasteiger partial charge in [-0.05, 0) is 68.0 Å². The molecule has 6 nitrogen and oxygen atoms in total. The number of carbonyl (C=O) groups is 1. The van der Waals surface area contributed by atoms with Gasteiger partial charge in [0.15, 0.2) is 0 Å². The van der Waals surface area contributed by atoms with Crippen LogP contribution in [0, 0.1) is 12.8 Å². The molecule has 1 aliphatic carbocycles. The zero-order chi connectivity index (χ0) is 25.1. The summed E-state index contributed by atoms with van der Waals surface area (Å²) in [4.78, 5) is 36.1. The van der Waals surface area contributed by atoms with E-state index in [9.17, 15) is 9.59 Å². The average molecular weight is 517 g/mol. The van der Waals surface area contributed by atoms with Crippen LogP contribution in [-0.4, -0.2) is 40.4 Å². The maximum atomic E-state index is 13.2. The first kappa shape index (κ1) is 26.6. The molecule has 2 atom stereocenters. The van der Waals surface area contributed by atoms with Gasteiger partial charge < -0.3 is 15.6 Å². The van der Waals surface area contributed by atoms with E-state index in [0.29, 0.717) is 30.9 Å². The summed E-state index contributed by atoms with van der Waals surface area (Å²) in [6.07, 6.45) is 2.33. The molecule has 1 fully saturated rings. The van der Waals surface area contributed by atoms with Crippen LogP contribution in [0.15, 0.2) is 77.6 Å². The second-order valence-electron chi connectivity index (χ2n) is 9.79. The number of nitrogens with one attached hydrogen (secondary N) is 1. The Balaban J connectivity index is 0.00000320. The molecular weight excluding hydrogens is 484 g/mol. The highest BCUT2D eigenvalue weighted by molar-refractivity contribution is 5.94. The Kier molecular flexibility index (Phi) is 8.41. The minimum absolute atomic E-state index is 0. The third kappa shape index (κ3) is 6.09. The molecule has 1 aliphatic rings. The van der Waals surface area contributed by atoms with Gasteiger partial charge in [-0.2, -0.15) is 0 Å². The minimum atomic E-state index is -0.131. The number of H-pyrrole nitrogens is 1. The fraction of sp³-hybridized carbons (Fsp3) is 0.300. The number of hydrogen-bond acceptors (Lipinski definition) is 4. The number of para-hydroxylation sites is 1. The Labute approximate surface area is 223 Å². The van der Waals surface area contributed by atoms with E-state index in [4.69, 9.17) is 10.7 Å². The number of aromatic amines is 1. The van der Waals surface area contributed by atoms with E-state index in [0.717, 1.165) is 41.4 Å². The summed E-state index contributed by atoms with van der Waals surface area (Å²) in [5, 5.41) is 0. The van der Waals surface area contributed by atoms with Crippen molar-refractivity contribution < 1.29 is 4.79 Å². The number of fused-ring (bicyclic) bond motifs is 1. The highest BCUT2D eigenvalue weighted by Gasteiger charge is 2.43. The molecule has 1 heterocycles. The van der Waals surface area contributed by atoms with Crippen molar-refractivity contribution in [3.8, 4) is 0 Å². The molecule has 0 radical (unpaired) electrons. The van der Waals surface area contributed by atoms with E-state index < -0.39 is 0 Å². The number of amides is 1. The van der Waals surface area contributed by atoms with E-state index in [2.05, 4.69) is 17.1 Å². The lowest BCUT2D eigenvalue weighted by Crippen LogP contribution is -2.35. The maximum absolute atomic E-state index is 13.2. The molecular formula is C30H33ClN4O2. The van der Waals surface area contributed by atoms with Crippen molar-refractivity contribution in [1.29, 1.82) is 0 Å². The standard InChI is InChI=1S/C30H32N4O2.ClH/c1-20-11-13-22(14-12-20)30(36)34(16-6-15-31)19-24-18-25(24)28-29(35)33-27-23(9-5-10-26(27)32-28)17-21-7-3-2-4-8-21;/h2-5,7-14,24-25H,6,15-19,31H2,1H3,(H,33,35);1H. The molecule has 0 aliphatic heterocycles. The predicted molar refractivity (Wildman–Crippen MR) is 150 cm³/mol. The van der Waals surface area contributed by atoms with Gasteiger partial charge in [-0.15, -0.1) is 12.4 Å². The normalized spacial score (nSPS) is 16.3. The van der Waals surface area contributed by atoms with Crippen molar-refractivity contribution >= 4 is 29.3 Å². The minimum Gasteiger partial charge on any atom is -0.338 e. The molecule has 7 heteroatoms. The van der Waals surface area contributed by atoms with Gasteiger partial charge in [0.1, 0.15) is 5.69 Å². The number of carbonyl (C=O) groups excluding carboxylic acids is 1. The highest BCUT2D eigenvalue weighted by Crippen LogP contribution is 2.46. The molecule has 1 aromatic heterocycles. The Bertz CT molecular complexity index is 1420. The molecule has 37 heavy (non-hydrogen) atoms. The van der Waals surface area contributed by atoms with E-state index >= 15 is 0 Å². The third-order valence-electron chi connectivity index (χ3n) is 7.02. The van der Waals surface area contributed by atoms with E-state index in [1.54, 1.807) is 0 Å². The second-order valence-corrected chi connectivity index (χ2v) is 9.79. The zero-order valence-electron chi connectivity index (χ0n) is 21.0. The van der Waals surface area contributed by atoms with Crippen molar-refractivity contribution in [3.05, 3.63) is 111 Å². The van der Waals surface area contributed by atoms with Gasteiger partial charge in [-0.25, -0.2) is 4.98 Å². The fourth-order valence-electron chi connectivity index (χ4n) is 4.90. The molecule has 192 valence electrons. The lowest BCUT2D eigenvalue weighted by molar-refractivity contribution is 0.0746. The van der Waals surface area contributed by atoms with Gasteiger partial charge in [-0.1, -0.05) is 60.2 Å². The zero-order valence-corrected chi connectivity index (χ0v) is 21.8. The van der Waals surface area contributed by atoms with Crippen LogP contribution in [0.2, 0.25) is 0 Å². The summed E-state index contributed by atoms with van der Waals surface area (Å²) in [6.45, 7) is 3.75. The third-order valence-corrected chi connectivity index (χ3v) is 7.02. The summed E-state index contributed by atoms with van der Waals surface area (Å²) in [6, 6.07) is 23.9. The first-order valence-electron chi connectivity index (χ1n) is 12.6. The van der Waals surface area contributed by atoms with Crippen molar-refractivity contribution in [3.63, 3.8) is 0 Å². The van der Waals surface area contributed by atoms with Crippen LogP contribution in [0.5, 0.6) is 0 Å². The number of nitrogens with two attached hydrogens (primary N) is 1. The van der Waals surface area contributed by atoms with Gasteiger partial charge in [0.2, 0.25) is 0 Å². The van der Waals surface area contributed by atoms with Crippen LogP contribution in [-0.2, 0) is 6.42 Å². The first-order chi connectivity index (χ1) is 17.5. The van der Waals surface area contributed by atoms with Crippen LogP contribution in [0.25, 0.3) is 11.0 Å². The molecule has 0 saturated heterocycles. The predicted octanol–water partition coefficient (Wildman–Crippen LogP) is 4.84. The van der Waals surface area contributed by atoms with E-state index in [-0.39, 0.29) is 35.7 Å². The first-order valence-corrected chi connectivity index (χ1v) is 12.6. The summed E-state index contributed by atoms with van der Waals surface area (Å²) in [7, 11) is 0. The maximum Gasteiger partial charge on any atom is 0.270 e. The Morgan fingerprint density at radius 2 is 1.81 bits per heavy atom. The van der Waals surface area contributed by atoms with Gasteiger partial charge in [0.25, 0.3) is 11.5 Å². The van der Waals surface area contributed by atoms with Crippen LogP contribution >= 0.6 is 12.4 Å². The number of halogens is 1. The lowest BCUT2D eigenvalue weighted by atomic mass is 10.0. The van der Waals surface area contributed by atoms with Crippen LogP contribution in [0.3, 0.4) is 0 Å². The summed E-state index contributed by atoms with van der Waals surface area (Å²) in [5.74, 6) is 0.290. The Morgan fingerprint density at radius 1 is 1.05 bits per heavy atom. The van der Waals surface area contributed by atoms with Crippen molar-refractivity contribution in [2.45, 2.75) is 32.1 Å². The van der Waals surface area contributed by atoms with Gasteiger partial charge >= 0.3 is 0 Å². The fourth-order valence-corrected chi connectivity index (χ4v) is 4.90. The van der Waals surface area contributed by atoms with E-state index in [1.807, 2.05) is 72.5 Å². The second kappa shape index (κ2) is 11.7. The van der Waals surface area contributed by atoms with Crippen molar-refractivity contribution in [1.82, 2.24) is 14.9 Å². The van der Waals surface area contributed by atoms with Gasteiger partial charge in [-0.3, -0.25) is 9.59 Å². The molecule has 4 aromatic rings. The largest absolute Gasteiger partial charge is 0.338 e. The smallest absolute Gasteiger partial charge is 0.270 e. The molecule has 3 aromatic carbocycles. The SMILES string of the molecule is Cc1ccc(C(=O)N(CCCN)CC2CC2c2nc3cccc(Cc4ccccc4)c3[nH]c2=O)cc1.Cl. The van der Waals surface area contributed by atoms with Gasteiger partial charge in [0, 0.05) is 24.6 Å². The summed E-state index contributed by atoms with van der Waals surface area (Å²) in [5.41, 5.74) is 11.8. The number of nitrogens with zero attached hydrogens (tertiary/aromatic N) is 2. The number of aryl methyl sites for hydroxylation is 1. The van der Waals surface area contributed by atoms with Gasteiger partial charge in [0.05, 0.1) is 11.0 Å². The molecule has 1 saturated carbocycles. The monoisotopic (exact) mass is 516 g/mol. The molecule has 5 rings (SSSR count). The van der Waals surface area contributed by atoms with Crippen LogP contribution < -0.4 is 11.3 Å². The van der Waals surface area contributed by atoms with Crippen LogP contribution in [0.1, 0.15) is 51.5 Å².